The highest BCUT2D eigenvalue weighted by atomic mass is 32.2. The van der Waals surface area contributed by atoms with Crippen LogP contribution in [-0.4, -0.2) is 45.0 Å². The third-order valence-corrected chi connectivity index (χ3v) is 4.12. The van der Waals surface area contributed by atoms with E-state index in [1.807, 2.05) is 0 Å². The summed E-state index contributed by atoms with van der Waals surface area (Å²) < 4.78 is 26.2. The standard InChI is InChI=1S/C9H18O4S2/c1-8(9(10)13-2)7-14-5-4-6-15(3,11)12/h8H,4-7H2,1-3H3. The average molecular weight is 254 g/mol. The van der Waals surface area contributed by atoms with E-state index in [4.69, 9.17) is 0 Å². The minimum Gasteiger partial charge on any atom is -0.469 e. The fourth-order valence-electron chi connectivity index (χ4n) is 0.953. The van der Waals surface area contributed by atoms with Gasteiger partial charge in [0.25, 0.3) is 0 Å². The molecule has 0 aromatic heterocycles. The number of hydrogen-bond donors (Lipinski definition) is 0. The summed E-state index contributed by atoms with van der Waals surface area (Å²) >= 11 is 1.58. The molecule has 0 aliphatic rings. The number of rotatable bonds is 7. The van der Waals surface area contributed by atoms with Gasteiger partial charge in [0.1, 0.15) is 9.84 Å². The fraction of sp³-hybridized carbons (Fsp3) is 0.889. The van der Waals surface area contributed by atoms with Crippen LogP contribution in [0.3, 0.4) is 0 Å². The van der Waals surface area contributed by atoms with Crippen LogP contribution >= 0.6 is 11.8 Å². The summed E-state index contributed by atoms with van der Waals surface area (Å²) in [5, 5.41) is 0. The lowest BCUT2D eigenvalue weighted by atomic mass is 10.2. The first-order chi connectivity index (χ1) is 6.87. The molecule has 0 N–H and O–H groups in total. The van der Waals surface area contributed by atoms with Crippen LogP contribution in [0.1, 0.15) is 13.3 Å². The summed E-state index contributed by atoms with van der Waals surface area (Å²) in [5.41, 5.74) is 0. The molecule has 1 unspecified atom stereocenters. The SMILES string of the molecule is COC(=O)C(C)CSCCCS(C)(=O)=O. The number of methoxy groups -OCH3 is 1. The largest absolute Gasteiger partial charge is 0.469 e. The molecule has 0 aliphatic heterocycles. The molecule has 0 fully saturated rings. The Kier molecular flexibility index (Phi) is 7.00. The van der Waals surface area contributed by atoms with Crippen molar-refractivity contribution < 1.29 is 17.9 Å². The molecule has 90 valence electrons. The molecular weight excluding hydrogens is 236 g/mol. The number of thioether (sulfide) groups is 1. The van der Waals surface area contributed by atoms with Gasteiger partial charge in [-0.2, -0.15) is 11.8 Å². The summed E-state index contributed by atoms with van der Waals surface area (Å²) in [6, 6.07) is 0. The monoisotopic (exact) mass is 254 g/mol. The van der Waals surface area contributed by atoms with Crippen LogP contribution in [-0.2, 0) is 19.4 Å². The predicted molar refractivity (Wildman–Crippen MR) is 62.8 cm³/mol. The fourth-order valence-corrected chi connectivity index (χ4v) is 2.81. The Morgan fingerprint density at radius 2 is 2.07 bits per heavy atom. The van der Waals surface area contributed by atoms with E-state index in [-0.39, 0.29) is 17.6 Å². The second-order valence-corrected chi connectivity index (χ2v) is 6.89. The number of ether oxygens (including phenoxy) is 1. The molecule has 0 amide bonds. The quantitative estimate of drug-likeness (QED) is 0.500. The average Bonchev–Trinajstić information content (AvgIpc) is 2.14. The van der Waals surface area contributed by atoms with E-state index in [1.165, 1.54) is 13.4 Å². The number of esters is 1. The molecule has 0 radical (unpaired) electrons. The lowest BCUT2D eigenvalue weighted by Gasteiger charge is -2.07. The molecule has 6 heteroatoms. The minimum atomic E-state index is -2.85. The third-order valence-electron chi connectivity index (χ3n) is 1.78. The summed E-state index contributed by atoms with van der Waals surface area (Å²) in [6.07, 6.45) is 1.87. The van der Waals surface area contributed by atoms with Gasteiger partial charge in [0.2, 0.25) is 0 Å². The van der Waals surface area contributed by atoms with Gasteiger partial charge < -0.3 is 4.74 Å². The van der Waals surface area contributed by atoms with Gasteiger partial charge in [0, 0.05) is 12.0 Å². The number of sulfone groups is 1. The van der Waals surface area contributed by atoms with Crippen molar-refractivity contribution in [1.29, 1.82) is 0 Å². The van der Waals surface area contributed by atoms with E-state index in [0.29, 0.717) is 12.2 Å². The summed E-state index contributed by atoms with van der Waals surface area (Å²) in [6.45, 7) is 1.80. The van der Waals surface area contributed by atoms with Crippen molar-refractivity contribution in [1.82, 2.24) is 0 Å². The maximum atomic E-state index is 11.0. The molecule has 15 heavy (non-hydrogen) atoms. The first kappa shape index (κ1) is 14.8. The highest BCUT2D eigenvalue weighted by molar-refractivity contribution is 7.99. The number of carbonyl (C=O) groups is 1. The van der Waals surface area contributed by atoms with Crippen molar-refractivity contribution in [3.8, 4) is 0 Å². The van der Waals surface area contributed by atoms with Crippen molar-refractivity contribution >= 4 is 27.6 Å². The highest BCUT2D eigenvalue weighted by Crippen LogP contribution is 2.11. The van der Waals surface area contributed by atoms with Gasteiger partial charge >= 0.3 is 5.97 Å². The first-order valence-electron chi connectivity index (χ1n) is 4.70. The molecule has 4 nitrogen and oxygen atoms in total. The zero-order valence-electron chi connectivity index (χ0n) is 9.36. The zero-order chi connectivity index (χ0) is 11.9. The van der Waals surface area contributed by atoms with E-state index in [1.54, 1.807) is 18.7 Å². The van der Waals surface area contributed by atoms with E-state index < -0.39 is 9.84 Å². The van der Waals surface area contributed by atoms with Gasteiger partial charge in [-0.05, 0) is 12.2 Å². The van der Waals surface area contributed by atoms with Crippen molar-refractivity contribution in [3.63, 3.8) is 0 Å². The van der Waals surface area contributed by atoms with Crippen molar-refractivity contribution in [3.05, 3.63) is 0 Å². The Morgan fingerprint density at radius 3 is 2.53 bits per heavy atom. The van der Waals surface area contributed by atoms with Gasteiger partial charge in [-0.1, -0.05) is 6.92 Å². The van der Waals surface area contributed by atoms with E-state index >= 15 is 0 Å². The van der Waals surface area contributed by atoms with E-state index in [0.717, 1.165) is 5.75 Å². The summed E-state index contributed by atoms with van der Waals surface area (Å²) in [5.74, 6) is 1.31. The molecule has 0 saturated heterocycles. The Morgan fingerprint density at radius 1 is 1.47 bits per heavy atom. The Bertz CT molecular complexity index is 284. The van der Waals surface area contributed by atoms with Gasteiger partial charge in [-0.3, -0.25) is 4.79 Å². The molecule has 0 aliphatic carbocycles. The summed E-state index contributed by atoms with van der Waals surface area (Å²) in [4.78, 5) is 11.0. The van der Waals surface area contributed by atoms with Crippen molar-refractivity contribution in [2.24, 2.45) is 5.92 Å². The number of carbonyl (C=O) groups excluding carboxylic acids is 1. The second-order valence-electron chi connectivity index (χ2n) is 3.48. The van der Waals surface area contributed by atoms with Crippen LogP contribution in [0.2, 0.25) is 0 Å². The molecule has 0 rings (SSSR count). The Balaban J connectivity index is 3.51. The van der Waals surface area contributed by atoms with Crippen LogP contribution in [0.4, 0.5) is 0 Å². The maximum Gasteiger partial charge on any atom is 0.309 e. The molecule has 1 atom stereocenters. The molecule has 0 saturated carbocycles. The number of hydrogen-bond acceptors (Lipinski definition) is 5. The van der Waals surface area contributed by atoms with Crippen LogP contribution in [0.5, 0.6) is 0 Å². The van der Waals surface area contributed by atoms with Crippen LogP contribution < -0.4 is 0 Å². The van der Waals surface area contributed by atoms with Crippen LogP contribution in [0, 0.1) is 5.92 Å². The van der Waals surface area contributed by atoms with Gasteiger partial charge in [0.05, 0.1) is 18.8 Å². The van der Waals surface area contributed by atoms with Gasteiger partial charge in [-0.25, -0.2) is 8.42 Å². The second kappa shape index (κ2) is 7.11. The minimum absolute atomic E-state index is 0.127. The normalized spacial score (nSPS) is 13.5. The van der Waals surface area contributed by atoms with Crippen LogP contribution in [0.25, 0.3) is 0 Å². The van der Waals surface area contributed by atoms with Gasteiger partial charge in [-0.15, -0.1) is 0 Å². The van der Waals surface area contributed by atoms with Crippen molar-refractivity contribution in [2.75, 3.05) is 30.6 Å². The highest BCUT2D eigenvalue weighted by Gasteiger charge is 2.12. The predicted octanol–water partition coefficient (Wildman–Crippen LogP) is 0.963. The molecule has 0 aromatic carbocycles. The molecule has 0 bridgehead atoms. The zero-order valence-corrected chi connectivity index (χ0v) is 11.0. The smallest absolute Gasteiger partial charge is 0.309 e. The molecular formula is C9H18O4S2. The maximum absolute atomic E-state index is 11.0. The lowest BCUT2D eigenvalue weighted by molar-refractivity contribution is -0.143. The van der Waals surface area contributed by atoms with Crippen molar-refractivity contribution in [2.45, 2.75) is 13.3 Å². The third kappa shape index (κ3) is 8.74. The topological polar surface area (TPSA) is 60.4 Å². The van der Waals surface area contributed by atoms with E-state index in [2.05, 4.69) is 4.74 Å². The molecule has 0 spiro atoms. The summed E-state index contributed by atoms with van der Waals surface area (Å²) in [7, 11) is -1.48. The van der Waals surface area contributed by atoms with Crippen LogP contribution in [0.15, 0.2) is 0 Å². The van der Waals surface area contributed by atoms with Gasteiger partial charge in [0.15, 0.2) is 0 Å². The Labute approximate surface area is 95.7 Å². The van der Waals surface area contributed by atoms with E-state index in [9.17, 15) is 13.2 Å². The lowest BCUT2D eigenvalue weighted by Crippen LogP contribution is -2.15. The Hall–Kier alpha value is -0.230. The first-order valence-corrected chi connectivity index (χ1v) is 7.91. The molecule has 0 heterocycles. The molecule has 0 aromatic rings.